The van der Waals surface area contributed by atoms with Crippen LogP contribution in [-0.4, -0.2) is 24.7 Å². The number of fused-ring (bicyclic) bond motifs is 1. The molecule has 0 saturated heterocycles. The van der Waals surface area contributed by atoms with Crippen molar-refractivity contribution in [2.24, 2.45) is 0 Å². The van der Waals surface area contributed by atoms with Crippen LogP contribution in [0.25, 0.3) is 21.3 Å². The maximum atomic E-state index is 11.9. The average Bonchev–Trinajstić information content (AvgIpc) is 3.31. The van der Waals surface area contributed by atoms with Crippen LogP contribution in [0.2, 0.25) is 0 Å². The Morgan fingerprint density at radius 3 is 2.71 bits per heavy atom. The summed E-state index contributed by atoms with van der Waals surface area (Å²) in [6.07, 6.45) is 2.01. The molecule has 0 amide bonds. The lowest BCUT2D eigenvalue weighted by Gasteiger charge is -2.12. The van der Waals surface area contributed by atoms with Gasteiger partial charge in [-0.2, -0.15) is 0 Å². The summed E-state index contributed by atoms with van der Waals surface area (Å²) < 4.78 is 17.8. The molecule has 0 aliphatic carbocycles. The lowest BCUT2D eigenvalue weighted by atomic mass is 9.96. The third kappa shape index (κ3) is 5.82. The molecule has 1 atom stereocenters. The number of aromatic nitrogens is 1. The zero-order valence-corrected chi connectivity index (χ0v) is 20.9. The number of carbonyl (C=O) groups excluding carboxylic acids is 1. The first kappa shape index (κ1) is 24.3. The minimum absolute atomic E-state index is 0.198. The first-order chi connectivity index (χ1) is 17.1. The third-order valence-corrected chi connectivity index (χ3v) is 6.53. The van der Waals surface area contributed by atoms with Gasteiger partial charge in [-0.15, -0.1) is 17.3 Å². The molecule has 6 heteroatoms. The van der Waals surface area contributed by atoms with E-state index >= 15 is 0 Å². The summed E-state index contributed by atoms with van der Waals surface area (Å²) in [5, 5.41) is 3.24. The number of hydrogen-bond acceptors (Lipinski definition) is 6. The van der Waals surface area contributed by atoms with Crippen LogP contribution in [0.15, 0.2) is 66.2 Å². The number of hydrogen-bond donors (Lipinski definition) is 0. The van der Waals surface area contributed by atoms with Crippen molar-refractivity contribution in [1.82, 2.24) is 4.98 Å². The number of rotatable bonds is 9. The van der Waals surface area contributed by atoms with E-state index in [1.165, 1.54) is 4.70 Å². The Balaban J connectivity index is 1.48. The van der Waals surface area contributed by atoms with E-state index < -0.39 is 0 Å². The molecule has 0 N–H and O–H groups in total. The molecule has 0 bridgehead atoms. The standard InChI is InChI=1S/C29H27NO4S/c1-4-7-22(17-28(31)33-5-2)21-10-12-23(13-11-21)34-18-20-9-14-27-24(16-20)25(19-35-27)29-26(32-3)8-6-15-30-29/h6,8-16,19,22H,5,17-18H2,1-3H3/t22-/m0/s1. The number of nitrogens with zero attached hydrogens (tertiary/aromatic N) is 1. The Kier molecular flexibility index (Phi) is 8.02. The van der Waals surface area contributed by atoms with Crippen LogP contribution in [-0.2, 0) is 16.1 Å². The summed E-state index contributed by atoms with van der Waals surface area (Å²) in [6.45, 7) is 4.38. The molecule has 4 rings (SSSR count). The fraction of sp³-hybridized carbons (Fsp3) is 0.241. The van der Waals surface area contributed by atoms with E-state index in [2.05, 4.69) is 40.4 Å². The van der Waals surface area contributed by atoms with E-state index in [1.807, 2.05) is 36.4 Å². The van der Waals surface area contributed by atoms with Gasteiger partial charge in [-0.3, -0.25) is 9.78 Å². The number of benzene rings is 2. The van der Waals surface area contributed by atoms with Crippen LogP contribution in [0.3, 0.4) is 0 Å². The first-order valence-corrected chi connectivity index (χ1v) is 12.3. The number of carbonyl (C=O) groups is 1. The van der Waals surface area contributed by atoms with Crippen LogP contribution >= 0.6 is 11.3 Å². The largest absolute Gasteiger partial charge is 0.494 e. The normalized spacial score (nSPS) is 11.4. The number of esters is 1. The van der Waals surface area contributed by atoms with Gasteiger partial charge in [-0.1, -0.05) is 24.1 Å². The lowest BCUT2D eigenvalue weighted by Crippen LogP contribution is -2.09. The van der Waals surface area contributed by atoms with Crippen LogP contribution in [0.5, 0.6) is 11.5 Å². The zero-order valence-electron chi connectivity index (χ0n) is 20.0. The van der Waals surface area contributed by atoms with Gasteiger partial charge >= 0.3 is 5.97 Å². The summed E-state index contributed by atoms with van der Waals surface area (Å²) in [5.74, 6) is 7.08. The van der Waals surface area contributed by atoms with E-state index in [9.17, 15) is 4.79 Å². The molecule has 0 unspecified atom stereocenters. The SMILES string of the molecule is CC#C[C@@H](CC(=O)OCC)c1ccc(OCc2ccc3scc(-c4ncccc4OC)c3c2)cc1. The maximum Gasteiger partial charge on any atom is 0.307 e. The molecule has 5 nitrogen and oxygen atoms in total. The number of methoxy groups -OCH3 is 1. The molecule has 0 aliphatic rings. The fourth-order valence-electron chi connectivity index (χ4n) is 3.88. The van der Waals surface area contributed by atoms with Gasteiger partial charge in [0.2, 0.25) is 0 Å². The van der Waals surface area contributed by atoms with E-state index in [1.54, 1.807) is 38.5 Å². The summed E-state index contributed by atoms with van der Waals surface area (Å²) in [5.41, 5.74) is 3.92. The highest BCUT2D eigenvalue weighted by Crippen LogP contribution is 2.37. The highest BCUT2D eigenvalue weighted by molar-refractivity contribution is 7.17. The van der Waals surface area contributed by atoms with Crippen molar-refractivity contribution in [3.63, 3.8) is 0 Å². The smallest absolute Gasteiger partial charge is 0.307 e. The van der Waals surface area contributed by atoms with Gasteiger partial charge in [0.25, 0.3) is 0 Å². The Morgan fingerprint density at radius 1 is 1.14 bits per heavy atom. The highest BCUT2D eigenvalue weighted by atomic mass is 32.1. The summed E-state index contributed by atoms with van der Waals surface area (Å²) in [7, 11) is 1.66. The third-order valence-electron chi connectivity index (χ3n) is 5.57. The summed E-state index contributed by atoms with van der Waals surface area (Å²) in [4.78, 5) is 16.5. The highest BCUT2D eigenvalue weighted by Gasteiger charge is 2.15. The van der Waals surface area contributed by atoms with E-state index in [0.717, 1.165) is 39.3 Å². The molecule has 0 spiro atoms. The van der Waals surface area contributed by atoms with Crippen LogP contribution < -0.4 is 9.47 Å². The molecule has 178 valence electrons. The minimum atomic E-state index is -0.243. The number of thiophene rings is 1. The van der Waals surface area contributed by atoms with Crippen molar-refractivity contribution in [2.45, 2.75) is 32.8 Å². The van der Waals surface area contributed by atoms with E-state index in [0.29, 0.717) is 13.2 Å². The molecule has 2 aromatic carbocycles. The molecule has 0 radical (unpaired) electrons. The molecule has 4 aromatic rings. The molecule has 0 saturated carbocycles. The Morgan fingerprint density at radius 2 is 1.97 bits per heavy atom. The molecular weight excluding hydrogens is 458 g/mol. The Bertz CT molecular complexity index is 1360. The van der Waals surface area contributed by atoms with Crippen LogP contribution in [0.1, 0.15) is 37.3 Å². The first-order valence-electron chi connectivity index (χ1n) is 11.4. The topological polar surface area (TPSA) is 57.7 Å². The van der Waals surface area contributed by atoms with E-state index in [-0.39, 0.29) is 18.3 Å². The van der Waals surface area contributed by atoms with Crippen LogP contribution in [0.4, 0.5) is 0 Å². The van der Waals surface area contributed by atoms with Gasteiger partial charge in [-0.05, 0) is 61.4 Å². The zero-order chi connectivity index (χ0) is 24.6. The quantitative estimate of drug-likeness (QED) is 0.197. The van der Waals surface area contributed by atoms with Gasteiger partial charge in [0, 0.05) is 27.2 Å². The Labute approximate surface area is 209 Å². The monoisotopic (exact) mass is 485 g/mol. The molecular formula is C29H27NO4S. The van der Waals surface area contributed by atoms with Crippen molar-refractivity contribution in [3.05, 3.63) is 77.3 Å². The predicted octanol–water partition coefficient (Wildman–Crippen LogP) is 6.61. The number of pyridine rings is 1. The second kappa shape index (κ2) is 11.5. The summed E-state index contributed by atoms with van der Waals surface area (Å²) in [6, 6.07) is 17.9. The van der Waals surface area contributed by atoms with Gasteiger partial charge in [-0.25, -0.2) is 0 Å². The molecule has 2 heterocycles. The van der Waals surface area contributed by atoms with Crippen molar-refractivity contribution in [3.8, 4) is 34.6 Å². The maximum absolute atomic E-state index is 11.9. The van der Waals surface area contributed by atoms with Crippen LogP contribution in [0, 0.1) is 11.8 Å². The van der Waals surface area contributed by atoms with Crippen molar-refractivity contribution in [1.29, 1.82) is 0 Å². The molecule has 0 aliphatic heterocycles. The second-order valence-electron chi connectivity index (χ2n) is 7.85. The van der Waals surface area contributed by atoms with Crippen molar-refractivity contribution < 1.29 is 19.0 Å². The van der Waals surface area contributed by atoms with Gasteiger partial charge < -0.3 is 14.2 Å². The van der Waals surface area contributed by atoms with Crippen molar-refractivity contribution >= 4 is 27.4 Å². The molecule has 0 fully saturated rings. The molecule has 2 aromatic heterocycles. The van der Waals surface area contributed by atoms with Gasteiger partial charge in [0.15, 0.2) is 0 Å². The van der Waals surface area contributed by atoms with Crippen molar-refractivity contribution in [2.75, 3.05) is 13.7 Å². The average molecular weight is 486 g/mol. The van der Waals surface area contributed by atoms with Gasteiger partial charge in [0.1, 0.15) is 23.8 Å². The molecule has 35 heavy (non-hydrogen) atoms. The minimum Gasteiger partial charge on any atom is -0.494 e. The predicted molar refractivity (Wildman–Crippen MR) is 140 cm³/mol. The van der Waals surface area contributed by atoms with E-state index in [4.69, 9.17) is 14.2 Å². The second-order valence-corrected chi connectivity index (χ2v) is 8.76. The van der Waals surface area contributed by atoms with Gasteiger partial charge in [0.05, 0.1) is 26.1 Å². The summed E-state index contributed by atoms with van der Waals surface area (Å²) >= 11 is 1.69. The number of ether oxygens (including phenoxy) is 3. The fourth-order valence-corrected chi connectivity index (χ4v) is 4.81. The Hall–Kier alpha value is -3.82. The lowest BCUT2D eigenvalue weighted by molar-refractivity contribution is -0.143.